The molecule has 0 bridgehead atoms. The highest BCUT2D eigenvalue weighted by Crippen LogP contribution is 2.46. The highest BCUT2D eigenvalue weighted by molar-refractivity contribution is 5.97. The minimum absolute atomic E-state index is 0.00433. The number of benzene rings is 2. The van der Waals surface area contributed by atoms with Crippen LogP contribution in [0, 0.1) is 5.92 Å². The Labute approximate surface area is 270 Å². The number of anilines is 2. The summed E-state index contributed by atoms with van der Waals surface area (Å²) in [4.78, 5) is 17.9. The lowest BCUT2D eigenvalue weighted by molar-refractivity contribution is -0.274. The third-order valence-electron chi connectivity index (χ3n) is 8.30. The van der Waals surface area contributed by atoms with Gasteiger partial charge in [0.25, 0.3) is 5.95 Å². The van der Waals surface area contributed by atoms with E-state index in [-0.39, 0.29) is 35.6 Å². The molecular weight excluding hydrogens is 659 g/mol. The predicted octanol–water partition coefficient (Wildman–Crippen LogP) is 8.63. The number of aryl methyl sites for hydroxylation is 1. The molecule has 3 aromatic rings. The molecule has 0 fully saturated rings. The minimum Gasteiger partial charge on any atom is -0.406 e. The maximum absolute atomic E-state index is 14.0. The van der Waals surface area contributed by atoms with Crippen molar-refractivity contribution in [1.29, 1.82) is 0 Å². The van der Waals surface area contributed by atoms with Gasteiger partial charge in [-0.05, 0) is 72.9 Å². The maximum Gasteiger partial charge on any atom is 0.573 e. The SMILES string of the molecule is CCCC[C@@H](CC)C(=O)N1c2ccc(OC(F)(F)F)cc2[C@@H](N(Cc2cc(C(F)(F)F)cc(C(F)(F)F)c2)c2nnn(C)n2)CC1CC. The van der Waals surface area contributed by atoms with Crippen LogP contribution in [0.25, 0.3) is 0 Å². The van der Waals surface area contributed by atoms with Crippen LogP contribution in [0.15, 0.2) is 36.4 Å². The Hall–Kier alpha value is -4.05. The number of aromatic nitrogens is 4. The average Bonchev–Trinajstić information content (AvgIpc) is 3.43. The summed E-state index contributed by atoms with van der Waals surface area (Å²) in [5.74, 6) is -1.46. The maximum atomic E-state index is 14.0. The molecule has 0 spiro atoms. The van der Waals surface area contributed by atoms with Gasteiger partial charge < -0.3 is 14.5 Å². The summed E-state index contributed by atoms with van der Waals surface area (Å²) in [5.41, 5.74) is -3.13. The average molecular weight is 695 g/mol. The van der Waals surface area contributed by atoms with E-state index in [9.17, 15) is 44.3 Å². The zero-order chi connectivity index (χ0) is 35.6. The number of nitrogens with zero attached hydrogens (tertiary/aromatic N) is 6. The van der Waals surface area contributed by atoms with Gasteiger partial charge in [-0.1, -0.05) is 38.7 Å². The summed E-state index contributed by atoms with van der Waals surface area (Å²) in [7, 11) is 1.39. The first-order chi connectivity index (χ1) is 22.4. The second-order valence-corrected chi connectivity index (χ2v) is 11.7. The molecule has 1 unspecified atom stereocenters. The molecule has 1 aromatic heterocycles. The van der Waals surface area contributed by atoms with Gasteiger partial charge in [0.05, 0.1) is 24.2 Å². The van der Waals surface area contributed by atoms with Crippen LogP contribution in [0.1, 0.15) is 87.6 Å². The summed E-state index contributed by atoms with van der Waals surface area (Å²) >= 11 is 0. The molecule has 0 N–H and O–H groups in total. The van der Waals surface area contributed by atoms with Gasteiger partial charge in [0.2, 0.25) is 5.91 Å². The van der Waals surface area contributed by atoms with E-state index in [4.69, 9.17) is 0 Å². The van der Waals surface area contributed by atoms with Crippen molar-refractivity contribution in [3.05, 3.63) is 58.7 Å². The molecule has 1 aliphatic heterocycles. The molecule has 2 heterocycles. The normalized spacial score (nSPS) is 17.6. The number of amides is 1. The van der Waals surface area contributed by atoms with Gasteiger partial charge in [0.15, 0.2) is 0 Å². The van der Waals surface area contributed by atoms with E-state index in [0.717, 1.165) is 29.8 Å². The first-order valence-corrected chi connectivity index (χ1v) is 15.4. The molecule has 0 aliphatic carbocycles. The number of rotatable bonds is 11. The third kappa shape index (κ3) is 8.50. The predicted molar refractivity (Wildman–Crippen MR) is 157 cm³/mol. The van der Waals surface area contributed by atoms with Crippen molar-refractivity contribution in [1.82, 2.24) is 20.2 Å². The largest absolute Gasteiger partial charge is 0.573 e. The number of tetrazole rings is 1. The number of fused-ring (bicyclic) bond motifs is 1. The molecule has 48 heavy (non-hydrogen) atoms. The van der Waals surface area contributed by atoms with Gasteiger partial charge in [-0.3, -0.25) is 4.79 Å². The molecule has 8 nitrogen and oxygen atoms in total. The van der Waals surface area contributed by atoms with E-state index >= 15 is 0 Å². The number of hydrogen-bond acceptors (Lipinski definition) is 6. The molecule has 1 aliphatic rings. The molecule has 1 amide bonds. The molecule has 0 saturated carbocycles. The van der Waals surface area contributed by atoms with Crippen molar-refractivity contribution in [2.24, 2.45) is 13.0 Å². The molecule has 17 heteroatoms. The molecule has 0 saturated heterocycles. The smallest absolute Gasteiger partial charge is 0.406 e. The Morgan fingerprint density at radius 2 is 1.62 bits per heavy atom. The van der Waals surface area contributed by atoms with Crippen LogP contribution in [-0.4, -0.2) is 38.5 Å². The number of alkyl halides is 9. The van der Waals surface area contributed by atoms with Crippen LogP contribution in [0.2, 0.25) is 0 Å². The molecule has 0 radical (unpaired) electrons. The lowest BCUT2D eigenvalue weighted by Gasteiger charge is -2.45. The van der Waals surface area contributed by atoms with Crippen LogP contribution in [0.3, 0.4) is 0 Å². The van der Waals surface area contributed by atoms with Gasteiger partial charge in [-0.2, -0.15) is 31.1 Å². The topological polar surface area (TPSA) is 76.4 Å². The van der Waals surface area contributed by atoms with Crippen molar-refractivity contribution in [3.63, 3.8) is 0 Å². The van der Waals surface area contributed by atoms with Crippen LogP contribution < -0.4 is 14.5 Å². The van der Waals surface area contributed by atoms with Gasteiger partial charge in [-0.15, -0.1) is 18.3 Å². The van der Waals surface area contributed by atoms with E-state index in [1.807, 2.05) is 13.8 Å². The van der Waals surface area contributed by atoms with Crippen molar-refractivity contribution in [2.75, 3.05) is 9.80 Å². The quantitative estimate of drug-likeness (QED) is 0.187. The molecule has 3 atom stereocenters. The Balaban J connectivity index is 1.92. The van der Waals surface area contributed by atoms with Gasteiger partial charge in [0, 0.05) is 29.8 Å². The van der Waals surface area contributed by atoms with E-state index < -0.39 is 65.7 Å². The lowest BCUT2D eigenvalue weighted by Crippen LogP contribution is -2.49. The summed E-state index contributed by atoms with van der Waals surface area (Å²) in [5, 5.41) is 11.9. The fraction of sp³-hybridized carbons (Fsp3) is 0.548. The van der Waals surface area contributed by atoms with Crippen LogP contribution in [-0.2, 0) is 30.7 Å². The molecule has 4 rings (SSSR count). The van der Waals surface area contributed by atoms with Crippen molar-refractivity contribution in [3.8, 4) is 5.75 Å². The Bertz CT molecular complexity index is 1540. The fourth-order valence-electron chi connectivity index (χ4n) is 6.01. The van der Waals surface area contributed by atoms with E-state index in [1.54, 1.807) is 11.8 Å². The van der Waals surface area contributed by atoms with Crippen LogP contribution in [0.4, 0.5) is 51.1 Å². The lowest BCUT2D eigenvalue weighted by atomic mass is 9.86. The fourth-order valence-corrected chi connectivity index (χ4v) is 6.01. The van der Waals surface area contributed by atoms with Gasteiger partial charge in [0.1, 0.15) is 5.75 Å². The van der Waals surface area contributed by atoms with Gasteiger partial charge >= 0.3 is 18.7 Å². The zero-order valence-electron chi connectivity index (χ0n) is 26.5. The number of ether oxygens (including phenoxy) is 1. The van der Waals surface area contributed by atoms with Gasteiger partial charge in [-0.25, -0.2) is 0 Å². The number of carbonyl (C=O) groups is 1. The molecule has 2 aromatic carbocycles. The second-order valence-electron chi connectivity index (χ2n) is 11.7. The monoisotopic (exact) mass is 694 g/mol. The number of unbranched alkanes of at least 4 members (excludes halogenated alkanes) is 1. The summed E-state index contributed by atoms with van der Waals surface area (Å²) in [6, 6.07) is 3.00. The number of carbonyl (C=O) groups excluding carboxylic acids is 1. The van der Waals surface area contributed by atoms with Crippen molar-refractivity contribution in [2.45, 2.75) is 96.6 Å². The summed E-state index contributed by atoms with van der Waals surface area (Å²) in [6.07, 6.45) is -12.2. The Morgan fingerprint density at radius 3 is 2.12 bits per heavy atom. The Morgan fingerprint density at radius 1 is 0.979 bits per heavy atom. The standard InChI is InChI=1S/C31H35F9N6O2/c1-5-8-9-19(6-2)27(47)46-22(7-3)15-26(24-16-23(10-11-25(24)46)48-31(38,39)40)45(28-41-43-44(4)42-28)17-18-12-20(29(32,33)34)14-21(13-18)30(35,36)37/h10-14,16,19,22,26H,5-9,15,17H2,1-4H3/t19-,22?,26+/m1/s1. The number of halogens is 9. The first kappa shape index (κ1) is 36.8. The van der Waals surface area contributed by atoms with Crippen LogP contribution in [0.5, 0.6) is 5.75 Å². The highest BCUT2D eigenvalue weighted by atomic mass is 19.4. The van der Waals surface area contributed by atoms with E-state index in [0.29, 0.717) is 31.4 Å². The molecular formula is C31H35F9N6O2. The van der Waals surface area contributed by atoms with Crippen molar-refractivity contribution >= 4 is 17.5 Å². The third-order valence-corrected chi connectivity index (χ3v) is 8.30. The molecule has 264 valence electrons. The highest BCUT2D eigenvalue weighted by Gasteiger charge is 2.42. The summed E-state index contributed by atoms with van der Waals surface area (Å²) in [6.45, 7) is 5.02. The minimum atomic E-state index is -5.12. The summed E-state index contributed by atoms with van der Waals surface area (Å²) < 4.78 is 127. The first-order valence-electron chi connectivity index (χ1n) is 15.4. The second kappa shape index (κ2) is 14.2. The Kier molecular flexibility index (Phi) is 10.9. The zero-order valence-corrected chi connectivity index (χ0v) is 26.5. The number of hydrogen-bond donors (Lipinski definition) is 0. The van der Waals surface area contributed by atoms with E-state index in [1.165, 1.54) is 18.0 Å². The van der Waals surface area contributed by atoms with Crippen LogP contribution >= 0.6 is 0 Å². The van der Waals surface area contributed by atoms with E-state index in [2.05, 4.69) is 20.1 Å². The van der Waals surface area contributed by atoms with Crippen molar-refractivity contribution < 1.29 is 49.0 Å².